The first-order valence-electron chi connectivity index (χ1n) is 9.60. The molecule has 29 heavy (non-hydrogen) atoms. The fourth-order valence-electron chi connectivity index (χ4n) is 6.54. The SMILES string of the molecule is NC[C@H]1[C@H]2CN3C(=O)c4cccn4[C@H]4N=C(N)NC43[C@H]2[C@@]2(NC(N)=N[C@@H]2O)[C@@H]1Cl. The molecular formula is C17H22ClN9O2. The van der Waals surface area contributed by atoms with Gasteiger partial charge in [-0.05, 0) is 30.5 Å². The first kappa shape index (κ1) is 17.4. The zero-order valence-corrected chi connectivity index (χ0v) is 16.1. The van der Waals surface area contributed by atoms with Gasteiger partial charge in [-0.15, -0.1) is 11.6 Å². The standard InChI is InChI=1S/C17H22ClN9O2/c18-10-6(4-19)7-5-27-11(28)8-2-1-3-26(8)12-17(27,25-14(20)22-12)9(7)16(10)13(29)23-15(21)24-16/h1-3,6-7,9-10,12-13,29H,4-5,19H2,(H3,20,22,25)(H3,21,23,24)/t6-,7+,9+,10+,12+,13+,16+,17?/m0/s1. The number of alkyl halides is 1. The summed E-state index contributed by atoms with van der Waals surface area (Å²) in [5.74, 6) is -0.441. The van der Waals surface area contributed by atoms with Gasteiger partial charge in [0.2, 0.25) is 0 Å². The fourth-order valence-corrected chi connectivity index (χ4v) is 7.13. The molecule has 2 spiro atoms. The maximum absolute atomic E-state index is 13.4. The van der Waals surface area contributed by atoms with Crippen molar-refractivity contribution in [1.29, 1.82) is 0 Å². The third kappa shape index (κ3) is 1.68. The van der Waals surface area contributed by atoms with Crippen molar-refractivity contribution in [3.63, 3.8) is 0 Å². The van der Waals surface area contributed by atoms with Crippen LogP contribution in [0.5, 0.6) is 0 Å². The van der Waals surface area contributed by atoms with Gasteiger partial charge in [0, 0.05) is 18.7 Å². The number of guanidine groups is 2. The van der Waals surface area contributed by atoms with Gasteiger partial charge in [0.1, 0.15) is 11.2 Å². The number of nitrogens with one attached hydrogen (secondary N) is 2. The van der Waals surface area contributed by atoms with Gasteiger partial charge in [-0.2, -0.15) is 0 Å². The zero-order valence-electron chi connectivity index (χ0n) is 15.4. The van der Waals surface area contributed by atoms with Crippen LogP contribution in [0.25, 0.3) is 0 Å². The molecule has 9 N–H and O–H groups in total. The molecule has 1 saturated heterocycles. The summed E-state index contributed by atoms with van der Waals surface area (Å²) in [5, 5.41) is 16.9. The first-order valence-corrected chi connectivity index (χ1v) is 10.0. The van der Waals surface area contributed by atoms with Crippen molar-refractivity contribution >= 4 is 29.4 Å². The van der Waals surface area contributed by atoms with Crippen LogP contribution in [-0.2, 0) is 0 Å². The van der Waals surface area contributed by atoms with Gasteiger partial charge in [0.05, 0.1) is 5.38 Å². The molecule has 1 saturated carbocycles. The molecule has 1 aromatic rings. The van der Waals surface area contributed by atoms with Crippen molar-refractivity contribution in [1.82, 2.24) is 20.1 Å². The van der Waals surface area contributed by atoms with Crippen molar-refractivity contribution < 1.29 is 9.90 Å². The average Bonchev–Trinajstić information content (AvgIpc) is 3.42. The highest BCUT2D eigenvalue weighted by Gasteiger charge is 2.79. The smallest absolute Gasteiger partial charge is 0.272 e. The first-order chi connectivity index (χ1) is 13.9. The minimum absolute atomic E-state index is 0.101. The molecule has 154 valence electrons. The number of nitrogens with two attached hydrogens (primary N) is 3. The molecule has 0 radical (unpaired) electrons. The molecule has 5 heterocycles. The van der Waals surface area contributed by atoms with Crippen LogP contribution >= 0.6 is 11.6 Å². The van der Waals surface area contributed by atoms with Gasteiger partial charge in [0.15, 0.2) is 30.0 Å². The Morgan fingerprint density at radius 2 is 2.07 bits per heavy atom. The van der Waals surface area contributed by atoms with Crippen LogP contribution in [0.15, 0.2) is 28.3 Å². The molecule has 4 aliphatic heterocycles. The third-order valence-electron chi connectivity index (χ3n) is 7.43. The Balaban J connectivity index is 1.60. The number of aliphatic imine (C=N–C) groups is 2. The van der Waals surface area contributed by atoms with Gasteiger partial charge >= 0.3 is 0 Å². The second-order valence-electron chi connectivity index (χ2n) is 8.44. The third-order valence-corrected chi connectivity index (χ3v) is 8.12. The lowest BCUT2D eigenvalue weighted by atomic mass is 9.73. The molecule has 12 heteroatoms. The second-order valence-corrected chi connectivity index (χ2v) is 8.91. The summed E-state index contributed by atoms with van der Waals surface area (Å²) in [7, 11) is 0. The monoisotopic (exact) mass is 419 g/mol. The Morgan fingerprint density at radius 3 is 2.76 bits per heavy atom. The summed E-state index contributed by atoms with van der Waals surface area (Å²) in [6.45, 7) is 0.721. The molecule has 1 aliphatic carbocycles. The molecule has 1 aromatic heterocycles. The van der Waals surface area contributed by atoms with Gasteiger partial charge in [-0.1, -0.05) is 0 Å². The maximum Gasteiger partial charge on any atom is 0.272 e. The molecule has 5 aliphatic rings. The molecule has 2 fully saturated rings. The number of hydrogen-bond acceptors (Lipinski definition) is 9. The predicted octanol–water partition coefficient (Wildman–Crippen LogP) is -2.53. The van der Waals surface area contributed by atoms with Crippen LogP contribution in [0, 0.1) is 17.8 Å². The number of aromatic nitrogens is 1. The highest BCUT2D eigenvalue weighted by atomic mass is 35.5. The highest BCUT2D eigenvalue weighted by Crippen LogP contribution is 2.63. The van der Waals surface area contributed by atoms with E-state index in [1.807, 2.05) is 16.8 Å². The minimum Gasteiger partial charge on any atom is -0.370 e. The van der Waals surface area contributed by atoms with E-state index in [1.54, 1.807) is 11.0 Å². The fraction of sp³-hybridized carbons (Fsp3) is 0.588. The van der Waals surface area contributed by atoms with Gasteiger partial charge in [0.25, 0.3) is 5.91 Å². The van der Waals surface area contributed by atoms with E-state index in [0.29, 0.717) is 18.8 Å². The number of nitrogens with zero attached hydrogens (tertiary/aromatic N) is 4. The lowest BCUT2D eigenvalue weighted by Gasteiger charge is -2.51. The topological polar surface area (TPSA) is 172 Å². The number of halogens is 1. The number of aliphatic hydroxyl groups excluding tert-OH is 1. The zero-order chi connectivity index (χ0) is 20.3. The number of amides is 1. The van der Waals surface area contributed by atoms with Gasteiger partial charge in [-0.3, -0.25) is 4.79 Å². The van der Waals surface area contributed by atoms with Crippen LogP contribution in [0.3, 0.4) is 0 Å². The van der Waals surface area contributed by atoms with Crippen LogP contribution in [0.4, 0.5) is 0 Å². The van der Waals surface area contributed by atoms with E-state index in [1.165, 1.54) is 0 Å². The lowest BCUT2D eigenvalue weighted by Crippen LogP contribution is -2.74. The van der Waals surface area contributed by atoms with Crippen LogP contribution in [-0.4, -0.2) is 68.3 Å². The van der Waals surface area contributed by atoms with E-state index < -0.39 is 29.0 Å². The summed E-state index contributed by atoms with van der Waals surface area (Å²) in [5.41, 5.74) is 16.6. The van der Waals surface area contributed by atoms with Crippen LogP contribution in [0.1, 0.15) is 16.7 Å². The molecule has 0 aromatic carbocycles. The molecule has 11 nitrogen and oxygen atoms in total. The second kappa shape index (κ2) is 5.15. The summed E-state index contributed by atoms with van der Waals surface area (Å²) >= 11 is 6.94. The minimum atomic E-state index is -1.19. The Hall–Kier alpha value is -2.50. The van der Waals surface area contributed by atoms with E-state index in [2.05, 4.69) is 20.6 Å². The van der Waals surface area contributed by atoms with Gasteiger partial charge in [-0.25, -0.2) is 9.98 Å². The Morgan fingerprint density at radius 1 is 1.31 bits per heavy atom. The van der Waals surface area contributed by atoms with Gasteiger partial charge < -0.3 is 42.4 Å². The summed E-state index contributed by atoms with van der Waals surface area (Å²) < 4.78 is 1.83. The largest absolute Gasteiger partial charge is 0.370 e. The average molecular weight is 420 g/mol. The van der Waals surface area contributed by atoms with E-state index in [0.717, 1.165) is 0 Å². The molecule has 0 bridgehead atoms. The van der Waals surface area contributed by atoms with E-state index in [4.69, 9.17) is 28.8 Å². The van der Waals surface area contributed by atoms with Crippen molar-refractivity contribution in [3.8, 4) is 0 Å². The number of hydrogen-bond donors (Lipinski definition) is 6. The molecule has 8 atom stereocenters. The molecule has 6 rings (SSSR count). The quantitative estimate of drug-likeness (QED) is 0.272. The summed E-state index contributed by atoms with van der Waals surface area (Å²) in [4.78, 5) is 24.0. The molecule has 1 amide bonds. The highest BCUT2D eigenvalue weighted by molar-refractivity contribution is 6.22. The number of carbonyl (C=O) groups excluding carboxylic acids is 1. The van der Waals surface area contributed by atoms with E-state index in [9.17, 15) is 9.90 Å². The predicted molar refractivity (Wildman–Crippen MR) is 105 cm³/mol. The number of rotatable bonds is 1. The van der Waals surface area contributed by atoms with Crippen molar-refractivity contribution in [2.24, 2.45) is 44.9 Å². The van der Waals surface area contributed by atoms with Crippen molar-refractivity contribution in [2.75, 3.05) is 13.1 Å². The Kier molecular flexibility index (Phi) is 3.09. The van der Waals surface area contributed by atoms with E-state index >= 15 is 0 Å². The molecule has 1 unspecified atom stereocenters. The van der Waals surface area contributed by atoms with Crippen molar-refractivity contribution in [3.05, 3.63) is 24.0 Å². The summed E-state index contributed by atoms with van der Waals surface area (Å²) in [6, 6.07) is 3.58. The Bertz CT molecular complexity index is 993. The normalized spacial score (nSPS) is 46.6. The lowest BCUT2D eigenvalue weighted by molar-refractivity contribution is -0.0269. The van der Waals surface area contributed by atoms with Crippen LogP contribution in [0.2, 0.25) is 0 Å². The number of aliphatic hydroxyl groups is 1. The number of fused-ring (bicyclic) bond motifs is 4. The Labute approximate surface area is 170 Å². The maximum atomic E-state index is 13.4. The number of carbonyl (C=O) groups is 1. The summed E-state index contributed by atoms with van der Waals surface area (Å²) in [6.07, 6.45) is 0.125. The van der Waals surface area contributed by atoms with Crippen LogP contribution < -0.4 is 27.8 Å². The van der Waals surface area contributed by atoms with Crippen molar-refractivity contribution in [2.45, 2.75) is 29.0 Å². The molecular weight excluding hydrogens is 398 g/mol. The van der Waals surface area contributed by atoms with E-state index in [-0.39, 0.29) is 35.6 Å².